The van der Waals surface area contributed by atoms with Gasteiger partial charge in [0.05, 0.1) is 5.41 Å². The molecule has 1 heterocycles. The fourth-order valence-corrected chi connectivity index (χ4v) is 5.08. The van der Waals surface area contributed by atoms with E-state index in [1.807, 2.05) is 30.3 Å². The summed E-state index contributed by atoms with van der Waals surface area (Å²) in [5.41, 5.74) is 5.83. The van der Waals surface area contributed by atoms with Crippen LogP contribution in [0.2, 0.25) is 0 Å². The molecule has 1 aromatic heterocycles. The van der Waals surface area contributed by atoms with E-state index < -0.39 is 12.5 Å². The van der Waals surface area contributed by atoms with Crippen molar-refractivity contribution in [3.05, 3.63) is 113 Å². The molecular formula is C25H17BO3. The van der Waals surface area contributed by atoms with E-state index in [4.69, 9.17) is 4.42 Å². The van der Waals surface area contributed by atoms with Gasteiger partial charge in [-0.3, -0.25) is 0 Å². The van der Waals surface area contributed by atoms with Gasteiger partial charge in [-0.25, -0.2) is 0 Å². The van der Waals surface area contributed by atoms with Crippen LogP contribution in [0.15, 0.2) is 95.4 Å². The summed E-state index contributed by atoms with van der Waals surface area (Å²) in [4.78, 5) is 0. The lowest BCUT2D eigenvalue weighted by Crippen LogP contribution is -2.32. The second-order valence-electron chi connectivity index (χ2n) is 7.54. The summed E-state index contributed by atoms with van der Waals surface area (Å²) >= 11 is 0. The highest BCUT2D eigenvalue weighted by molar-refractivity contribution is 6.62. The van der Waals surface area contributed by atoms with Crippen LogP contribution in [0.25, 0.3) is 21.9 Å². The van der Waals surface area contributed by atoms with Crippen molar-refractivity contribution in [2.45, 2.75) is 5.41 Å². The maximum atomic E-state index is 9.91. The molecule has 3 nitrogen and oxygen atoms in total. The fraction of sp³-hybridized carbons (Fsp3) is 0.0400. The zero-order chi connectivity index (χ0) is 19.6. The Kier molecular flexibility index (Phi) is 3.34. The maximum absolute atomic E-state index is 9.91. The van der Waals surface area contributed by atoms with Crippen LogP contribution in [0.5, 0.6) is 0 Å². The summed E-state index contributed by atoms with van der Waals surface area (Å²) in [5.74, 6) is 0. The van der Waals surface area contributed by atoms with E-state index in [0.717, 1.165) is 27.5 Å². The molecule has 2 N–H and O–H groups in total. The van der Waals surface area contributed by atoms with Gasteiger partial charge in [0, 0.05) is 16.2 Å². The van der Waals surface area contributed by atoms with Gasteiger partial charge in [0.1, 0.15) is 11.2 Å². The molecule has 0 aliphatic heterocycles. The van der Waals surface area contributed by atoms with E-state index in [9.17, 15) is 10.0 Å². The van der Waals surface area contributed by atoms with Crippen LogP contribution in [0.3, 0.4) is 0 Å². The molecule has 4 heteroatoms. The Hall–Kier alpha value is -3.34. The largest absolute Gasteiger partial charge is 0.492 e. The van der Waals surface area contributed by atoms with Crippen LogP contribution >= 0.6 is 0 Å². The molecule has 0 fully saturated rings. The van der Waals surface area contributed by atoms with Crippen molar-refractivity contribution < 1.29 is 14.5 Å². The van der Waals surface area contributed by atoms with E-state index in [-0.39, 0.29) is 0 Å². The summed E-state index contributed by atoms with van der Waals surface area (Å²) < 4.78 is 6.11. The molecule has 0 atom stereocenters. The normalized spacial score (nSPS) is 14.1. The van der Waals surface area contributed by atoms with Crippen LogP contribution in [0.4, 0.5) is 0 Å². The lowest BCUT2D eigenvalue weighted by Gasteiger charge is -2.34. The van der Waals surface area contributed by atoms with E-state index in [2.05, 4.69) is 54.6 Å². The molecule has 0 bridgehead atoms. The van der Waals surface area contributed by atoms with Gasteiger partial charge in [0.15, 0.2) is 0 Å². The molecule has 1 aliphatic carbocycles. The van der Waals surface area contributed by atoms with Crippen molar-refractivity contribution in [1.29, 1.82) is 0 Å². The molecule has 4 aromatic carbocycles. The van der Waals surface area contributed by atoms with Crippen molar-refractivity contribution in [3.8, 4) is 0 Å². The van der Waals surface area contributed by atoms with E-state index >= 15 is 0 Å². The standard InChI is InChI=1S/C25H17BO3/c27-26(28)20-15-14-19-23-22-18(12-7-13-21(22)29-24(20)23)25(19,16-8-3-1-4-9-16)17-10-5-2-6-11-17/h1-15,27-28H. The Morgan fingerprint density at radius 2 is 1.24 bits per heavy atom. The zero-order valence-corrected chi connectivity index (χ0v) is 15.5. The first-order chi connectivity index (χ1) is 14.2. The Morgan fingerprint density at radius 3 is 1.86 bits per heavy atom. The van der Waals surface area contributed by atoms with Crippen molar-refractivity contribution in [1.82, 2.24) is 0 Å². The monoisotopic (exact) mass is 376 g/mol. The number of rotatable bonds is 3. The molecule has 0 saturated heterocycles. The number of furan rings is 1. The Balaban J connectivity index is 1.85. The van der Waals surface area contributed by atoms with Crippen LogP contribution in [-0.2, 0) is 5.41 Å². The molecule has 138 valence electrons. The lowest BCUT2D eigenvalue weighted by atomic mass is 9.66. The lowest BCUT2D eigenvalue weighted by molar-refractivity contribution is 0.425. The third-order valence-corrected chi connectivity index (χ3v) is 6.18. The first kappa shape index (κ1) is 16.6. The van der Waals surface area contributed by atoms with Crippen LogP contribution in [0, 0.1) is 0 Å². The molecule has 0 saturated carbocycles. The van der Waals surface area contributed by atoms with Crippen molar-refractivity contribution in [2.75, 3.05) is 0 Å². The van der Waals surface area contributed by atoms with E-state index in [0.29, 0.717) is 11.0 Å². The average molecular weight is 376 g/mol. The molecule has 0 unspecified atom stereocenters. The fourth-order valence-electron chi connectivity index (χ4n) is 5.08. The average Bonchev–Trinajstić information content (AvgIpc) is 3.30. The highest BCUT2D eigenvalue weighted by Crippen LogP contribution is 2.56. The number of hydrogen-bond acceptors (Lipinski definition) is 3. The van der Waals surface area contributed by atoms with Gasteiger partial charge in [0.25, 0.3) is 0 Å². The van der Waals surface area contributed by atoms with Crippen molar-refractivity contribution in [3.63, 3.8) is 0 Å². The van der Waals surface area contributed by atoms with E-state index in [1.165, 1.54) is 11.1 Å². The number of hydrogen-bond donors (Lipinski definition) is 2. The smallest absolute Gasteiger partial charge is 0.456 e. The SMILES string of the molecule is OB(O)c1ccc2c3c1oc1cccc(c13)C2(c1ccccc1)c1ccccc1. The quantitative estimate of drug-likeness (QED) is 0.460. The minimum atomic E-state index is -1.59. The molecule has 29 heavy (non-hydrogen) atoms. The predicted molar refractivity (Wildman–Crippen MR) is 115 cm³/mol. The second kappa shape index (κ2) is 5.83. The van der Waals surface area contributed by atoms with Gasteiger partial charge < -0.3 is 14.5 Å². The molecule has 0 amide bonds. The third kappa shape index (κ3) is 2.00. The molecular weight excluding hydrogens is 359 g/mol. The third-order valence-electron chi connectivity index (χ3n) is 6.18. The maximum Gasteiger partial charge on any atom is 0.492 e. The Bertz CT molecular complexity index is 1330. The molecule has 6 rings (SSSR count). The minimum Gasteiger partial charge on any atom is -0.456 e. The van der Waals surface area contributed by atoms with Gasteiger partial charge in [-0.2, -0.15) is 0 Å². The van der Waals surface area contributed by atoms with Gasteiger partial charge in [-0.05, 0) is 28.3 Å². The van der Waals surface area contributed by atoms with Crippen molar-refractivity contribution >= 4 is 34.5 Å². The van der Waals surface area contributed by atoms with Gasteiger partial charge in [-0.1, -0.05) is 84.9 Å². The highest BCUT2D eigenvalue weighted by atomic mass is 16.4. The zero-order valence-electron chi connectivity index (χ0n) is 15.5. The Morgan fingerprint density at radius 1 is 0.621 bits per heavy atom. The van der Waals surface area contributed by atoms with Crippen LogP contribution < -0.4 is 5.46 Å². The Labute approximate surface area is 168 Å². The first-order valence-electron chi connectivity index (χ1n) is 9.69. The molecule has 1 aliphatic rings. The summed E-state index contributed by atoms with van der Waals surface area (Å²) in [6.07, 6.45) is 0. The summed E-state index contributed by atoms with van der Waals surface area (Å²) in [5, 5.41) is 21.8. The predicted octanol–water partition coefficient (Wildman–Crippen LogP) is 3.96. The number of benzene rings is 4. The summed E-state index contributed by atoms with van der Waals surface area (Å²) in [7, 11) is -1.59. The van der Waals surface area contributed by atoms with Gasteiger partial charge in [-0.15, -0.1) is 0 Å². The highest BCUT2D eigenvalue weighted by Gasteiger charge is 2.46. The minimum absolute atomic E-state index is 0.392. The van der Waals surface area contributed by atoms with Gasteiger partial charge in [0.2, 0.25) is 0 Å². The van der Waals surface area contributed by atoms with Gasteiger partial charge >= 0.3 is 7.12 Å². The van der Waals surface area contributed by atoms with Crippen molar-refractivity contribution in [2.24, 2.45) is 0 Å². The topological polar surface area (TPSA) is 53.6 Å². The van der Waals surface area contributed by atoms with E-state index in [1.54, 1.807) is 6.07 Å². The molecule has 5 aromatic rings. The van der Waals surface area contributed by atoms with Crippen LogP contribution in [0.1, 0.15) is 22.3 Å². The first-order valence-corrected chi connectivity index (χ1v) is 9.69. The van der Waals surface area contributed by atoms with Crippen LogP contribution in [-0.4, -0.2) is 17.2 Å². The molecule has 0 spiro atoms. The second-order valence-corrected chi connectivity index (χ2v) is 7.54. The summed E-state index contributed by atoms with van der Waals surface area (Å²) in [6, 6.07) is 30.9. The summed E-state index contributed by atoms with van der Waals surface area (Å²) in [6.45, 7) is 0. The molecule has 0 radical (unpaired) electrons.